The number of hydrogen-bond acceptors (Lipinski definition) is 8. The number of carbonyl (C=O) groups excluding carboxylic acids is 1. The first kappa shape index (κ1) is 17.4. The van der Waals surface area contributed by atoms with Crippen molar-refractivity contribution in [3.05, 3.63) is 23.5 Å². The number of hydrogen-bond donors (Lipinski definition) is 0. The van der Waals surface area contributed by atoms with Crippen molar-refractivity contribution >= 4 is 11.7 Å². The summed E-state index contributed by atoms with van der Waals surface area (Å²) in [6.45, 7) is 7.23. The molecule has 1 amide bonds. The molecule has 0 unspecified atom stereocenters. The third-order valence-electron chi connectivity index (χ3n) is 4.04. The second kappa shape index (κ2) is 7.64. The van der Waals surface area contributed by atoms with Gasteiger partial charge in [0.05, 0.1) is 13.2 Å². The van der Waals surface area contributed by atoms with E-state index in [1.165, 1.54) is 0 Å². The molecule has 3 rings (SSSR count). The number of rotatable bonds is 6. The lowest BCUT2D eigenvalue weighted by molar-refractivity contribution is 0.0754. The van der Waals surface area contributed by atoms with Crippen molar-refractivity contribution in [3.8, 4) is 0 Å². The SMILES string of the molecule is CC(C)c1nc(CCN(C)C(=O)c2cc(N3CCOCC3)no2)no1. The lowest BCUT2D eigenvalue weighted by Crippen LogP contribution is -2.36. The van der Waals surface area contributed by atoms with Gasteiger partial charge >= 0.3 is 0 Å². The zero-order valence-electron chi connectivity index (χ0n) is 14.8. The van der Waals surface area contributed by atoms with Crippen LogP contribution in [0.25, 0.3) is 0 Å². The maximum atomic E-state index is 12.5. The maximum absolute atomic E-state index is 12.5. The van der Waals surface area contributed by atoms with Crippen LogP contribution in [0.1, 0.15) is 42.0 Å². The number of morpholine rings is 1. The summed E-state index contributed by atoms with van der Waals surface area (Å²) in [7, 11) is 1.71. The average molecular weight is 349 g/mol. The highest BCUT2D eigenvalue weighted by Gasteiger charge is 2.21. The van der Waals surface area contributed by atoms with Gasteiger partial charge in [-0.05, 0) is 0 Å². The molecule has 2 aromatic heterocycles. The third kappa shape index (κ3) is 4.16. The van der Waals surface area contributed by atoms with E-state index in [0.717, 1.165) is 13.1 Å². The van der Waals surface area contributed by atoms with Crippen LogP contribution in [0.5, 0.6) is 0 Å². The predicted octanol–water partition coefficient (Wildman–Crippen LogP) is 1.33. The van der Waals surface area contributed by atoms with E-state index in [2.05, 4.69) is 15.3 Å². The normalized spacial score (nSPS) is 15.0. The highest BCUT2D eigenvalue weighted by atomic mass is 16.5. The molecule has 0 saturated carbocycles. The molecule has 0 bridgehead atoms. The number of aromatic nitrogens is 3. The van der Waals surface area contributed by atoms with Gasteiger partial charge in [0.2, 0.25) is 11.7 Å². The molecule has 1 fully saturated rings. The molecule has 1 saturated heterocycles. The van der Waals surface area contributed by atoms with Crippen LogP contribution in [0, 0.1) is 0 Å². The zero-order valence-corrected chi connectivity index (χ0v) is 14.8. The quantitative estimate of drug-likeness (QED) is 0.770. The second-order valence-corrected chi connectivity index (χ2v) is 6.33. The van der Waals surface area contributed by atoms with Crippen LogP contribution in [0.15, 0.2) is 15.1 Å². The van der Waals surface area contributed by atoms with E-state index in [1.807, 2.05) is 18.7 Å². The standard InChI is InChI=1S/C16H23N5O4/c1-11(2)15-17-13(18-25-15)4-5-20(3)16(22)12-10-14(19-24-12)21-6-8-23-9-7-21/h10-11H,4-9H2,1-3H3. The Morgan fingerprint density at radius 1 is 1.28 bits per heavy atom. The first-order chi connectivity index (χ1) is 12.0. The molecule has 0 aliphatic carbocycles. The van der Waals surface area contributed by atoms with Gasteiger partial charge in [-0.2, -0.15) is 4.98 Å². The molecule has 9 heteroatoms. The molecule has 3 heterocycles. The Morgan fingerprint density at radius 3 is 2.72 bits per heavy atom. The molecule has 0 atom stereocenters. The third-order valence-corrected chi connectivity index (χ3v) is 4.04. The number of carbonyl (C=O) groups is 1. The van der Waals surface area contributed by atoms with Gasteiger partial charge in [0.15, 0.2) is 11.6 Å². The Bertz CT molecular complexity index is 705. The summed E-state index contributed by atoms with van der Waals surface area (Å²) in [4.78, 5) is 20.4. The van der Waals surface area contributed by atoms with Crippen LogP contribution in [0.4, 0.5) is 5.82 Å². The zero-order chi connectivity index (χ0) is 17.8. The highest BCUT2D eigenvalue weighted by molar-refractivity contribution is 5.91. The topological polar surface area (TPSA) is 97.7 Å². The highest BCUT2D eigenvalue weighted by Crippen LogP contribution is 2.17. The van der Waals surface area contributed by atoms with E-state index in [9.17, 15) is 4.79 Å². The van der Waals surface area contributed by atoms with E-state index >= 15 is 0 Å². The van der Waals surface area contributed by atoms with Gasteiger partial charge in [-0.3, -0.25) is 4.79 Å². The van der Waals surface area contributed by atoms with Gasteiger partial charge in [-0.25, -0.2) is 0 Å². The van der Waals surface area contributed by atoms with Crippen molar-refractivity contribution < 1.29 is 18.6 Å². The van der Waals surface area contributed by atoms with Crippen LogP contribution in [0.3, 0.4) is 0 Å². The van der Waals surface area contributed by atoms with E-state index in [-0.39, 0.29) is 17.6 Å². The Hall–Kier alpha value is -2.42. The van der Waals surface area contributed by atoms with Gasteiger partial charge in [-0.15, -0.1) is 0 Å². The maximum Gasteiger partial charge on any atom is 0.292 e. The lowest BCUT2D eigenvalue weighted by Gasteiger charge is -2.25. The fraction of sp³-hybridized carbons (Fsp3) is 0.625. The van der Waals surface area contributed by atoms with E-state index in [0.29, 0.717) is 43.7 Å². The largest absolute Gasteiger partial charge is 0.378 e. The lowest BCUT2D eigenvalue weighted by atomic mass is 10.2. The Kier molecular flexibility index (Phi) is 5.32. The average Bonchev–Trinajstić information content (AvgIpc) is 3.29. The Labute approximate surface area is 145 Å². The van der Waals surface area contributed by atoms with Crippen LogP contribution in [0.2, 0.25) is 0 Å². The molecule has 0 radical (unpaired) electrons. The fourth-order valence-electron chi connectivity index (χ4n) is 2.47. The van der Waals surface area contributed by atoms with Gasteiger partial charge in [0, 0.05) is 45.1 Å². The summed E-state index contributed by atoms with van der Waals surface area (Å²) in [5, 5.41) is 7.92. The Balaban J connectivity index is 1.55. The van der Waals surface area contributed by atoms with Crippen molar-refractivity contribution in [2.75, 3.05) is 44.8 Å². The van der Waals surface area contributed by atoms with Crippen LogP contribution >= 0.6 is 0 Å². The number of nitrogens with zero attached hydrogens (tertiary/aromatic N) is 5. The first-order valence-corrected chi connectivity index (χ1v) is 8.42. The molecule has 9 nitrogen and oxygen atoms in total. The van der Waals surface area contributed by atoms with Gasteiger partial charge in [0.1, 0.15) is 0 Å². The van der Waals surface area contributed by atoms with Crippen molar-refractivity contribution in [2.45, 2.75) is 26.2 Å². The van der Waals surface area contributed by atoms with Crippen LogP contribution in [-0.2, 0) is 11.2 Å². The van der Waals surface area contributed by atoms with E-state index in [1.54, 1.807) is 18.0 Å². The smallest absolute Gasteiger partial charge is 0.292 e. The van der Waals surface area contributed by atoms with Gasteiger partial charge in [0.25, 0.3) is 5.91 Å². The van der Waals surface area contributed by atoms with Gasteiger partial charge in [-0.1, -0.05) is 24.2 Å². The summed E-state index contributed by atoms with van der Waals surface area (Å²) in [5.41, 5.74) is 0. The van der Waals surface area contributed by atoms with Crippen LogP contribution < -0.4 is 4.90 Å². The van der Waals surface area contributed by atoms with Crippen molar-refractivity contribution in [2.24, 2.45) is 0 Å². The van der Waals surface area contributed by atoms with Crippen molar-refractivity contribution in [3.63, 3.8) is 0 Å². The summed E-state index contributed by atoms with van der Waals surface area (Å²) in [5.74, 6) is 2.05. The predicted molar refractivity (Wildman–Crippen MR) is 88.6 cm³/mol. The molecular weight excluding hydrogens is 326 g/mol. The molecular formula is C16H23N5O4. The molecule has 2 aromatic rings. The summed E-state index contributed by atoms with van der Waals surface area (Å²) in [6, 6.07) is 1.68. The molecule has 0 spiro atoms. The van der Waals surface area contributed by atoms with Gasteiger partial charge < -0.3 is 23.6 Å². The molecule has 0 N–H and O–H groups in total. The number of likely N-dealkylation sites (N-methyl/N-ethyl adjacent to an activating group) is 1. The molecule has 0 aromatic carbocycles. The number of amides is 1. The fourth-order valence-corrected chi connectivity index (χ4v) is 2.47. The summed E-state index contributed by atoms with van der Waals surface area (Å²) in [6.07, 6.45) is 0.517. The summed E-state index contributed by atoms with van der Waals surface area (Å²) >= 11 is 0. The minimum atomic E-state index is -0.223. The Morgan fingerprint density at radius 2 is 2.04 bits per heavy atom. The van der Waals surface area contributed by atoms with E-state index < -0.39 is 0 Å². The molecule has 1 aliphatic heterocycles. The van der Waals surface area contributed by atoms with Crippen molar-refractivity contribution in [1.29, 1.82) is 0 Å². The van der Waals surface area contributed by atoms with Crippen LogP contribution in [-0.4, -0.2) is 66.0 Å². The molecule has 1 aliphatic rings. The van der Waals surface area contributed by atoms with E-state index in [4.69, 9.17) is 13.8 Å². The number of anilines is 1. The van der Waals surface area contributed by atoms with Crippen molar-refractivity contribution in [1.82, 2.24) is 20.2 Å². The number of ether oxygens (including phenoxy) is 1. The monoisotopic (exact) mass is 349 g/mol. The first-order valence-electron chi connectivity index (χ1n) is 8.42. The minimum absolute atomic E-state index is 0.188. The molecule has 136 valence electrons. The minimum Gasteiger partial charge on any atom is -0.378 e. The molecule has 25 heavy (non-hydrogen) atoms. The summed E-state index contributed by atoms with van der Waals surface area (Å²) < 4.78 is 15.7. The second-order valence-electron chi connectivity index (χ2n) is 6.33.